The fraction of sp³-hybridized carbons (Fsp3) is 0. The standard InChI is InChI=1S/C34H21N3/c1-2-11-24-21-25(18-17-22(24)9-1)32-29-20-19-23-10-3-4-12-26(23)33(29)36-34(35-32)37-30-15-7-5-13-27(30)28-14-6-8-16-31(28)37/h1-21H. The van der Waals surface area contributed by atoms with Crippen molar-refractivity contribution in [2.45, 2.75) is 0 Å². The molecule has 2 aromatic heterocycles. The highest BCUT2D eigenvalue weighted by Crippen LogP contribution is 2.36. The van der Waals surface area contributed by atoms with Gasteiger partial charge >= 0.3 is 0 Å². The van der Waals surface area contributed by atoms with E-state index in [1.807, 2.05) is 0 Å². The van der Waals surface area contributed by atoms with Crippen molar-refractivity contribution in [1.82, 2.24) is 14.5 Å². The molecule has 0 amide bonds. The predicted molar refractivity (Wildman–Crippen MR) is 154 cm³/mol. The molecular weight excluding hydrogens is 450 g/mol. The van der Waals surface area contributed by atoms with E-state index in [1.54, 1.807) is 0 Å². The van der Waals surface area contributed by atoms with E-state index in [1.165, 1.54) is 26.9 Å². The molecule has 0 radical (unpaired) electrons. The van der Waals surface area contributed by atoms with Crippen LogP contribution in [-0.2, 0) is 0 Å². The monoisotopic (exact) mass is 471 g/mol. The summed E-state index contributed by atoms with van der Waals surface area (Å²) in [5.74, 6) is 0.685. The maximum atomic E-state index is 5.28. The SMILES string of the molecule is c1ccc2cc(-c3nc(-n4c5ccccc5c5ccccc54)nc4c3ccc3ccccc34)ccc2c1. The minimum atomic E-state index is 0.685. The minimum Gasteiger partial charge on any atom is -0.278 e. The summed E-state index contributed by atoms with van der Waals surface area (Å²) in [5, 5.41) is 8.18. The second-order valence-electron chi connectivity index (χ2n) is 9.49. The molecule has 0 spiro atoms. The van der Waals surface area contributed by atoms with Crippen LogP contribution in [0, 0.1) is 0 Å². The van der Waals surface area contributed by atoms with E-state index < -0.39 is 0 Å². The molecule has 8 rings (SSSR count). The summed E-state index contributed by atoms with van der Waals surface area (Å²) < 4.78 is 2.20. The highest BCUT2D eigenvalue weighted by atomic mass is 15.2. The van der Waals surface area contributed by atoms with Gasteiger partial charge in [-0.25, -0.2) is 9.97 Å². The Labute approximate surface area is 213 Å². The number of fused-ring (bicyclic) bond motifs is 7. The maximum Gasteiger partial charge on any atom is 0.235 e. The van der Waals surface area contributed by atoms with Crippen LogP contribution in [0.2, 0.25) is 0 Å². The minimum absolute atomic E-state index is 0.685. The number of aromatic nitrogens is 3. The van der Waals surface area contributed by atoms with E-state index in [-0.39, 0.29) is 0 Å². The molecule has 0 aliphatic heterocycles. The van der Waals surface area contributed by atoms with E-state index >= 15 is 0 Å². The Hall–Kier alpha value is -5.02. The van der Waals surface area contributed by atoms with Gasteiger partial charge < -0.3 is 0 Å². The number of hydrogen-bond acceptors (Lipinski definition) is 2. The molecule has 0 fully saturated rings. The second-order valence-corrected chi connectivity index (χ2v) is 9.49. The van der Waals surface area contributed by atoms with Crippen molar-refractivity contribution < 1.29 is 0 Å². The first-order valence-electron chi connectivity index (χ1n) is 12.5. The summed E-state index contributed by atoms with van der Waals surface area (Å²) >= 11 is 0. The van der Waals surface area contributed by atoms with Gasteiger partial charge in [-0.05, 0) is 40.4 Å². The van der Waals surface area contributed by atoms with Crippen molar-refractivity contribution in [3.05, 3.63) is 127 Å². The van der Waals surface area contributed by atoms with Gasteiger partial charge in [0.05, 0.1) is 22.2 Å². The average Bonchev–Trinajstić information content (AvgIpc) is 3.31. The number of nitrogens with zero attached hydrogens (tertiary/aromatic N) is 3. The maximum absolute atomic E-state index is 5.28. The first kappa shape index (κ1) is 20.2. The lowest BCUT2D eigenvalue weighted by molar-refractivity contribution is 1.02. The van der Waals surface area contributed by atoms with Crippen molar-refractivity contribution in [1.29, 1.82) is 0 Å². The third-order valence-corrected chi connectivity index (χ3v) is 7.38. The van der Waals surface area contributed by atoms with Gasteiger partial charge in [0, 0.05) is 27.1 Å². The lowest BCUT2D eigenvalue weighted by Gasteiger charge is -2.13. The number of para-hydroxylation sites is 2. The molecule has 0 unspecified atom stereocenters. The van der Waals surface area contributed by atoms with Crippen molar-refractivity contribution in [2.24, 2.45) is 0 Å². The Balaban J connectivity index is 1.53. The molecule has 3 nitrogen and oxygen atoms in total. The quantitative estimate of drug-likeness (QED) is 0.236. The Morgan fingerprint density at radius 1 is 0.432 bits per heavy atom. The van der Waals surface area contributed by atoms with E-state index in [9.17, 15) is 0 Å². The summed E-state index contributed by atoms with van der Waals surface area (Å²) in [4.78, 5) is 10.5. The van der Waals surface area contributed by atoms with E-state index in [0.29, 0.717) is 5.95 Å². The first-order chi connectivity index (χ1) is 18.3. The summed E-state index contributed by atoms with van der Waals surface area (Å²) in [6.45, 7) is 0. The molecule has 2 heterocycles. The fourth-order valence-corrected chi connectivity index (χ4v) is 5.65. The molecule has 3 heteroatoms. The molecule has 0 aliphatic rings. The largest absolute Gasteiger partial charge is 0.278 e. The number of benzene rings is 6. The molecule has 0 atom stereocenters. The molecular formula is C34H21N3. The van der Waals surface area contributed by atoms with Crippen LogP contribution in [0.1, 0.15) is 0 Å². The Morgan fingerprint density at radius 2 is 1.03 bits per heavy atom. The highest BCUT2D eigenvalue weighted by molar-refractivity contribution is 6.11. The summed E-state index contributed by atoms with van der Waals surface area (Å²) in [7, 11) is 0. The average molecular weight is 472 g/mol. The van der Waals surface area contributed by atoms with Crippen molar-refractivity contribution in [2.75, 3.05) is 0 Å². The van der Waals surface area contributed by atoms with E-state index in [2.05, 4.69) is 132 Å². The van der Waals surface area contributed by atoms with Gasteiger partial charge in [0.1, 0.15) is 0 Å². The normalized spacial score (nSPS) is 11.8. The van der Waals surface area contributed by atoms with Crippen molar-refractivity contribution >= 4 is 54.3 Å². The van der Waals surface area contributed by atoms with Gasteiger partial charge in [0.2, 0.25) is 5.95 Å². The van der Waals surface area contributed by atoms with Crippen molar-refractivity contribution in [3.8, 4) is 17.2 Å². The third kappa shape index (κ3) is 3.01. The van der Waals surface area contributed by atoms with Crippen LogP contribution in [0.4, 0.5) is 0 Å². The fourth-order valence-electron chi connectivity index (χ4n) is 5.65. The van der Waals surface area contributed by atoms with Gasteiger partial charge in [0.25, 0.3) is 0 Å². The van der Waals surface area contributed by atoms with E-state index in [0.717, 1.165) is 38.6 Å². The Kier molecular flexibility index (Phi) is 4.23. The molecule has 6 aromatic carbocycles. The molecule has 8 aromatic rings. The summed E-state index contributed by atoms with van der Waals surface area (Å²) in [6, 6.07) is 44.9. The topological polar surface area (TPSA) is 30.7 Å². The van der Waals surface area contributed by atoms with Gasteiger partial charge in [-0.15, -0.1) is 0 Å². The highest BCUT2D eigenvalue weighted by Gasteiger charge is 2.18. The molecule has 0 N–H and O–H groups in total. The number of hydrogen-bond donors (Lipinski definition) is 0. The molecule has 0 saturated carbocycles. The van der Waals surface area contributed by atoms with Crippen molar-refractivity contribution in [3.63, 3.8) is 0 Å². The van der Waals surface area contributed by atoms with Crippen LogP contribution >= 0.6 is 0 Å². The zero-order chi connectivity index (χ0) is 24.3. The lowest BCUT2D eigenvalue weighted by Crippen LogP contribution is -2.03. The van der Waals surface area contributed by atoms with Gasteiger partial charge in [-0.2, -0.15) is 0 Å². The lowest BCUT2D eigenvalue weighted by atomic mass is 10.00. The van der Waals surface area contributed by atoms with Gasteiger partial charge in [-0.3, -0.25) is 4.57 Å². The number of rotatable bonds is 2. The first-order valence-corrected chi connectivity index (χ1v) is 12.5. The third-order valence-electron chi connectivity index (χ3n) is 7.38. The van der Waals surface area contributed by atoms with Gasteiger partial charge in [-0.1, -0.05) is 103 Å². The van der Waals surface area contributed by atoms with E-state index in [4.69, 9.17) is 9.97 Å². The second kappa shape index (κ2) is 7.74. The Morgan fingerprint density at radius 3 is 1.78 bits per heavy atom. The zero-order valence-corrected chi connectivity index (χ0v) is 20.0. The zero-order valence-electron chi connectivity index (χ0n) is 20.0. The molecule has 0 bridgehead atoms. The molecule has 0 saturated heterocycles. The molecule has 37 heavy (non-hydrogen) atoms. The van der Waals surface area contributed by atoms with Gasteiger partial charge in [0.15, 0.2) is 0 Å². The van der Waals surface area contributed by atoms with Crippen LogP contribution in [0.15, 0.2) is 127 Å². The summed E-state index contributed by atoms with van der Waals surface area (Å²) in [5.41, 5.74) is 5.20. The smallest absolute Gasteiger partial charge is 0.235 e. The predicted octanol–water partition coefficient (Wildman–Crippen LogP) is 8.70. The molecule has 0 aliphatic carbocycles. The summed E-state index contributed by atoms with van der Waals surface area (Å²) in [6.07, 6.45) is 0. The van der Waals surface area contributed by atoms with Crippen LogP contribution < -0.4 is 0 Å². The Bertz CT molecular complexity index is 2100. The molecule has 172 valence electrons. The van der Waals surface area contributed by atoms with Crippen LogP contribution in [0.5, 0.6) is 0 Å². The van der Waals surface area contributed by atoms with Crippen LogP contribution in [-0.4, -0.2) is 14.5 Å². The van der Waals surface area contributed by atoms with Crippen LogP contribution in [0.25, 0.3) is 71.5 Å². The van der Waals surface area contributed by atoms with Crippen LogP contribution in [0.3, 0.4) is 0 Å².